The van der Waals surface area contributed by atoms with Crippen LogP contribution in [-0.4, -0.2) is 21.6 Å². The quantitative estimate of drug-likeness (QED) is 0.768. The molecule has 0 bridgehead atoms. The van der Waals surface area contributed by atoms with Gasteiger partial charge in [-0.15, -0.1) is 11.3 Å². The van der Waals surface area contributed by atoms with Crippen molar-refractivity contribution in [1.82, 2.24) is 4.57 Å². The monoisotopic (exact) mass is 328 g/mol. The summed E-state index contributed by atoms with van der Waals surface area (Å²) in [5.41, 5.74) is 2.66. The van der Waals surface area contributed by atoms with E-state index in [1.54, 1.807) is 10.6 Å². The second-order valence-corrected chi connectivity index (χ2v) is 6.73. The Bertz CT molecular complexity index is 908. The summed E-state index contributed by atoms with van der Waals surface area (Å²) in [5, 5.41) is 12.2. The number of carbonyl (C=O) groups excluding carboxylic acids is 1. The van der Waals surface area contributed by atoms with Crippen molar-refractivity contribution in [2.75, 3.05) is 5.32 Å². The van der Waals surface area contributed by atoms with Crippen LogP contribution in [0.25, 0.3) is 10.2 Å². The normalized spacial score (nSPS) is 10.9. The van der Waals surface area contributed by atoms with Gasteiger partial charge in [0.1, 0.15) is 12.2 Å². The standard InChI is InChI=1S/C17H16N2O3S/c1-10-4-3-5-12(6-10)18-16(20)9-19-13-7-11(2)23-15(13)8-14(19)17(21)22/h3-8H,9H2,1-2H3,(H,18,20)(H,21,22). The first-order chi connectivity index (χ1) is 10.9. The number of carboxylic acids is 1. The van der Waals surface area contributed by atoms with Crippen molar-refractivity contribution in [2.24, 2.45) is 0 Å². The minimum absolute atomic E-state index is 0.0325. The zero-order chi connectivity index (χ0) is 16.6. The molecule has 3 aromatic rings. The molecule has 0 fully saturated rings. The van der Waals surface area contributed by atoms with Crippen LogP contribution in [0.15, 0.2) is 36.4 Å². The Morgan fingerprint density at radius 3 is 2.70 bits per heavy atom. The number of aryl methyl sites for hydroxylation is 2. The Labute approximate surface area is 137 Å². The third-order valence-electron chi connectivity index (χ3n) is 3.54. The molecular weight excluding hydrogens is 312 g/mol. The first-order valence-electron chi connectivity index (χ1n) is 7.13. The average Bonchev–Trinajstić information content (AvgIpc) is 2.96. The van der Waals surface area contributed by atoms with E-state index in [0.29, 0.717) is 5.69 Å². The summed E-state index contributed by atoms with van der Waals surface area (Å²) in [7, 11) is 0. The van der Waals surface area contributed by atoms with Crippen LogP contribution in [0.4, 0.5) is 5.69 Å². The number of hydrogen-bond acceptors (Lipinski definition) is 3. The number of aromatic carboxylic acids is 1. The summed E-state index contributed by atoms with van der Waals surface area (Å²) in [6.07, 6.45) is 0. The van der Waals surface area contributed by atoms with Gasteiger partial charge in [0, 0.05) is 10.6 Å². The number of amides is 1. The SMILES string of the molecule is Cc1cccc(NC(=O)Cn2c(C(=O)O)cc3sc(C)cc32)c1. The van der Waals surface area contributed by atoms with Crippen molar-refractivity contribution in [2.45, 2.75) is 20.4 Å². The molecule has 2 aromatic heterocycles. The largest absolute Gasteiger partial charge is 0.477 e. The fraction of sp³-hybridized carbons (Fsp3) is 0.176. The predicted molar refractivity (Wildman–Crippen MR) is 91.3 cm³/mol. The van der Waals surface area contributed by atoms with Crippen LogP contribution in [0.1, 0.15) is 20.9 Å². The molecule has 0 radical (unpaired) electrons. The first kappa shape index (κ1) is 15.3. The van der Waals surface area contributed by atoms with E-state index in [-0.39, 0.29) is 18.1 Å². The fourth-order valence-electron chi connectivity index (χ4n) is 2.58. The van der Waals surface area contributed by atoms with Gasteiger partial charge in [0.25, 0.3) is 0 Å². The molecule has 3 rings (SSSR count). The number of aromatic nitrogens is 1. The van der Waals surface area contributed by atoms with Crippen molar-refractivity contribution in [1.29, 1.82) is 0 Å². The molecule has 5 nitrogen and oxygen atoms in total. The molecule has 0 aliphatic carbocycles. The Morgan fingerprint density at radius 1 is 1.22 bits per heavy atom. The van der Waals surface area contributed by atoms with Crippen LogP contribution in [0.5, 0.6) is 0 Å². The summed E-state index contributed by atoms with van der Waals surface area (Å²) >= 11 is 1.52. The number of anilines is 1. The number of thiophene rings is 1. The van der Waals surface area contributed by atoms with Crippen molar-refractivity contribution in [3.05, 3.63) is 52.5 Å². The van der Waals surface area contributed by atoms with Gasteiger partial charge in [-0.1, -0.05) is 12.1 Å². The molecule has 0 aliphatic rings. The van der Waals surface area contributed by atoms with E-state index in [4.69, 9.17) is 0 Å². The van der Waals surface area contributed by atoms with Gasteiger partial charge in [-0.05, 0) is 43.7 Å². The van der Waals surface area contributed by atoms with Gasteiger partial charge in [0.15, 0.2) is 0 Å². The van der Waals surface area contributed by atoms with E-state index in [9.17, 15) is 14.7 Å². The molecule has 1 aromatic carbocycles. The second-order valence-electron chi connectivity index (χ2n) is 5.45. The van der Waals surface area contributed by atoms with Gasteiger partial charge in [0.2, 0.25) is 5.91 Å². The summed E-state index contributed by atoms with van der Waals surface area (Å²) in [6, 6.07) is 11.0. The molecule has 0 spiro atoms. The Morgan fingerprint density at radius 2 is 2.00 bits per heavy atom. The fourth-order valence-corrected chi connectivity index (χ4v) is 3.54. The van der Waals surface area contributed by atoms with Crippen LogP contribution >= 0.6 is 11.3 Å². The highest BCUT2D eigenvalue weighted by Crippen LogP contribution is 2.28. The second kappa shape index (κ2) is 5.89. The number of benzene rings is 1. The summed E-state index contributed by atoms with van der Waals surface area (Å²) in [5.74, 6) is -1.28. The van der Waals surface area contributed by atoms with Crippen LogP contribution in [-0.2, 0) is 11.3 Å². The minimum atomic E-state index is -1.03. The first-order valence-corrected chi connectivity index (χ1v) is 7.95. The maximum absolute atomic E-state index is 12.3. The van der Waals surface area contributed by atoms with E-state index in [1.165, 1.54) is 11.3 Å². The predicted octanol–water partition coefficient (Wildman–Crippen LogP) is 3.66. The lowest BCUT2D eigenvalue weighted by atomic mass is 10.2. The molecule has 0 saturated carbocycles. The number of rotatable bonds is 4. The highest BCUT2D eigenvalue weighted by atomic mass is 32.1. The Balaban J connectivity index is 1.89. The molecule has 0 saturated heterocycles. The molecule has 2 N–H and O–H groups in total. The smallest absolute Gasteiger partial charge is 0.352 e. The van der Waals surface area contributed by atoms with Crippen LogP contribution in [0.2, 0.25) is 0 Å². The van der Waals surface area contributed by atoms with Crippen molar-refractivity contribution >= 4 is 39.1 Å². The molecule has 0 aliphatic heterocycles. The van der Waals surface area contributed by atoms with Crippen LogP contribution in [0.3, 0.4) is 0 Å². The lowest BCUT2D eigenvalue weighted by Crippen LogP contribution is -2.21. The number of carboxylic acid groups (broad SMARTS) is 1. The highest BCUT2D eigenvalue weighted by Gasteiger charge is 2.18. The van der Waals surface area contributed by atoms with Crippen LogP contribution in [0, 0.1) is 13.8 Å². The van der Waals surface area contributed by atoms with E-state index >= 15 is 0 Å². The van der Waals surface area contributed by atoms with Gasteiger partial charge in [-0.3, -0.25) is 4.79 Å². The summed E-state index contributed by atoms with van der Waals surface area (Å²) in [4.78, 5) is 24.8. The molecular formula is C17H16N2O3S. The Kier molecular flexibility index (Phi) is 3.92. The number of fused-ring (bicyclic) bond motifs is 1. The van der Waals surface area contributed by atoms with Gasteiger partial charge >= 0.3 is 5.97 Å². The molecule has 1 amide bonds. The number of hydrogen-bond donors (Lipinski definition) is 2. The summed E-state index contributed by atoms with van der Waals surface area (Å²) < 4.78 is 2.43. The van der Waals surface area contributed by atoms with Gasteiger partial charge in [0.05, 0.1) is 10.2 Å². The topological polar surface area (TPSA) is 71.3 Å². The summed E-state index contributed by atoms with van der Waals surface area (Å²) in [6.45, 7) is 3.87. The van der Waals surface area contributed by atoms with E-state index < -0.39 is 5.97 Å². The number of nitrogens with one attached hydrogen (secondary N) is 1. The Hall–Kier alpha value is -2.60. The van der Waals surface area contributed by atoms with Crippen LogP contribution < -0.4 is 5.32 Å². The molecule has 0 unspecified atom stereocenters. The lowest BCUT2D eigenvalue weighted by molar-refractivity contribution is -0.116. The number of carbonyl (C=O) groups is 2. The van der Waals surface area contributed by atoms with Crippen molar-refractivity contribution in [3.8, 4) is 0 Å². The molecule has 0 atom stereocenters. The minimum Gasteiger partial charge on any atom is -0.477 e. The third kappa shape index (κ3) is 3.12. The van der Waals surface area contributed by atoms with Crippen molar-refractivity contribution in [3.63, 3.8) is 0 Å². The van der Waals surface area contributed by atoms with E-state index in [2.05, 4.69) is 5.32 Å². The van der Waals surface area contributed by atoms with Crippen molar-refractivity contribution < 1.29 is 14.7 Å². The zero-order valence-electron chi connectivity index (χ0n) is 12.8. The lowest BCUT2D eigenvalue weighted by Gasteiger charge is -2.09. The van der Waals surface area contributed by atoms with Gasteiger partial charge < -0.3 is 15.0 Å². The van der Waals surface area contributed by atoms with E-state index in [0.717, 1.165) is 20.7 Å². The van der Waals surface area contributed by atoms with Gasteiger partial charge in [-0.25, -0.2) is 4.79 Å². The molecule has 23 heavy (non-hydrogen) atoms. The third-order valence-corrected chi connectivity index (χ3v) is 4.52. The average molecular weight is 328 g/mol. The molecule has 6 heteroatoms. The molecule has 2 heterocycles. The van der Waals surface area contributed by atoms with E-state index in [1.807, 2.05) is 44.2 Å². The number of nitrogens with zero attached hydrogens (tertiary/aromatic N) is 1. The van der Waals surface area contributed by atoms with Gasteiger partial charge in [-0.2, -0.15) is 0 Å². The highest BCUT2D eigenvalue weighted by molar-refractivity contribution is 7.19. The maximum Gasteiger partial charge on any atom is 0.352 e. The molecule has 118 valence electrons. The maximum atomic E-state index is 12.3. The zero-order valence-corrected chi connectivity index (χ0v) is 13.6.